The Balaban J connectivity index is 0. The van der Waals surface area contributed by atoms with Crippen molar-refractivity contribution in [1.82, 2.24) is 0 Å². The summed E-state index contributed by atoms with van der Waals surface area (Å²) in [6.07, 6.45) is 0. The topological polar surface area (TPSA) is 0 Å². The fourth-order valence-electron chi connectivity index (χ4n) is 0. The van der Waals surface area contributed by atoms with Gasteiger partial charge >= 0.3 is 83.2 Å². The maximum atomic E-state index is 0. The molecule has 0 atom stereocenters. The molecule has 0 aliphatic carbocycles. The van der Waals surface area contributed by atoms with Crippen molar-refractivity contribution in [3.8, 4) is 0 Å². The molecule has 0 N–H and O–H groups in total. The van der Waals surface area contributed by atoms with E-state index >= 15 is 0 Å². The van der Waals surface area contributed by atoms with E-state index in [4.69, 9.17) is 0 Å². The molecule has 0 saturated heterocycles. The molecule has 18 valence electrons. The van der Waals surface area contributed by atoms with Crippen molar-refractivity contribution in [3.05, 3.63) is 0 Å². The summed E-state index contributed by atoms with van der Waals surface area (Å²) in [4.78, 5) is 0. The van der Waals surface area contributed by atoms with Gasteiger partial charge in [0.1, 0.15) is 0 Å². The van der Waals surface area contributed by atoms with Crippen LogP contribution in [-0.2, 0) is 41.2 Å². The fraction of sp³-hybridized carbons (Fsp3) is 0. The first-order valence-corrected chi connectivity index (χ1v) is 0. The van der Waals surface area contributed by atoms with Gasteiger partial charge in [0.25, 0.3) is 0 Å². The van der Waals surface area contributed by atoms with E-state index in [1.165, 1.54) is 0 Å². The molecule has 0 spiro atoms. The van der Waals surface area contributed by atoms with Crippen molar-refractivity contribution in [3.63, 3.8) is 0 Å². The normalized spacial score (nSPS) is 0. The Morgan fingerprint density at radius 2 is 1.00 bits per heavy atom. The van der Waals surface area contributed by atoms with Gasteiger partial charge in [0.15, 0.2) is 0 Å². The Morgan fingerprint density at radius 3 is 1.00 bits per heavy atom. The summed E-state index contributed by atoms with van der Waals surface area (Å²) < 4.78 is 0. The van der Waals surface area contributed by atoms with Gasteiger partial charge in [-0.15, -0.1) is 0 Å². The monoisotopic (exact) mass is 386 g/mol. The summed E-state index contributed by atoms with van der Waals surface area (Å²) in [5.74, 6) is 0. The smallest absolute Gasteiger partial charge is 0 e. The van der Waals surface area contributed by atoms with E-state index in [1.807, 2.05) is 0 Å². The third-order valence-electron chi connectivity index (χ3n) is 0. The van der Waals surface area contributed by atoms with Crippen molar-refractivity contribution in [2.45, 2.75) is 0 Å². The number of rotatable bonds is 0. The van der Waals surface area contributed by atoms with Crippen LogP contribution in [0.4, 0.5) is 0 Å². The maximum Gasteiger partial charge on any atom is 0 e. The van der Waals surface area contributed by atoms with Crippen molar-refractivity contribution < 1.29 is 82.0 Å². The van der Waals surface area contributed by atoms with Gasteiger partial charge in [0.05, 0.1) is 0 Å². The summed E-state index contributed by atoms with van der Waals surface area (Å²) in [5.41, 5.74) is 0. The van der Waals surface area contributed by atoms with Crippen molar-refractivity contribution >= 4 is 83.2 Å². The van der Waals surface area contributed by atoms with E-state index in [9.17, 15) is 0 Å². The molecular weight excluding hydrogens is 385 g/mol. The van der Waals surface area contributed by atoms with Gasteiger partial charge in [-0.3, -0.25) is 0 Å². The molecule has 0 fully saturated rings. The van der Waals surface area contributed by atoms with Crippen molar-refractivity contribution in [2.75, 3.05) is 0 Å². The summed E-state index contributed by atoms with van der Waals surface area (Å²) in [7, 11) is 0. The first kappa shape index (κ1) is 31.5. The summed E-state index contributed by atoms with van der Waals surface area (Å²) >= 11 is 0. The Bertz CT molecular complexity index is 11.6. The number of hydrogen-bond donors (Lipinski definition) is 0. The second-order valence-corrected chi connectivity index (χ2v) is 0. The molecule has 0 aromatic rings. The molecule has 0 saturated carbocycles. The Labute approximate surface area is 160 Å². The van der Waals surface area contributed by atoms with Gasteiger partial charge in [-0.05, 0) is 0 Å². The molecule has 0 nitrogen and oxygen atoms in total. The number of hydrogen-bond acceptors (Lipinski definition) is 0. The second kappa shape index (κ2) is 22.7. The standard InChI is InChI=1S/Ca.Nd.Sr.Ti.Zn.4H. The van der Waals surface area contributed by atoms with Gasteiger partial charge < -0.3 is 0 Å². The molecule has 5 heteroatoms. The quantitative estimate of drug-likeness (QED) is 0.428. The summed E-state index contributed by atoms with van der Waals surface area (Å²) in [5, 5.41) is 0. The van der Waals surface area contributed by atoms with E-state index in [0.717, 1.165) is 0 Å². The molecular formula is H4CaNdSrTiZn. The van der Waals surface area contributed by atoms with E-state index in [2.05, 4.69) is 0 Å². The molecule has 5 heavy (non-hydrogen) atoms. The summed E-state index contributed by atoms with van der Waals surface area (Å²) in [6.45, 7) is 0. The average molecular weight is 389 g/mol. The molecule has 0 amide bonds. The zero-order chi connectivity index (χ0) is 0. The van der Waals surface area contributed by atoms with Crippen molar-refractivity contribution in [1.29, 1.82) is 0 Å². The van der Waals surface area contributed by atoms with Gasteiger partial charge in [0.2, 0.25) is 0 Å². The predicted octanol–water partition coefficient (Wildman–Crippen LogP) is -1.84. The van der Waals surface area contributed by atoms with Crippen LogP contribution in [0.5, 0.6) is 0 Å². The van der Waals surface area contributed by atoms with Gasteiger partial charge in [-0.1, -0.05) is 0 Å². The van der Waals surface area contributed by atoms with Gasteiger partial charge in [0, 0.05) is 82.0 Å². The first-order chi connectivity index (χ1) is 0. The maximum absolute atomic E-state index is 0. The molecule has 0 unspecified atom stereocenters. The van der Waals surface area contributed by atoms with E-state index in [1.54, 1.807) is 0 Å². The zero-order valence-electron chi connectivity index (χ0n) is 1.71. The third kappa shape index (κ3) is 17.7. The molecule has 0 radical (unpaired) electrons. The van der Waals surface area contributed by atoms with Crippen LogP contribution in [0.15, 0.2) is 0 Å². The largest absolute Gasteiger partial charge is 0 e. The molecule has 0 aliphatic rings. The molecule has 0 aromatic carbocycles. The van der Waals surface area contributed by atoms with Crippen LogP contribution in [0.25, 0.3) is 0 Å². The molecule has 0 heterocycles. The van der Waals surface area contributed by atoms with Crippen LogP contribution in [0.2, 0.25) is 0 Å². The van der Waals surface area contributed by atoms with Crippen LogP contribution in [0, 0.1) is 40.8 Å². The average Bonchev–Trinajstić information content (AvgIpc) is 0. The van der Waals surface area contributed by atoms with Gasteiger partial charge in [-0.25, -0.2) is 0 Å². The fourth-order valence-corrected chi connectivity index (χ4v) is 0. The van der Waals surface area contributed by atoms with Crippen LogP contribution >= 0.6 is 0 Å². The van der Waals surface area contributed by atoms with E-state index in [0.29, 0.717) is 0 Å². The van der Waals surface area contributed by atoms with E-state index in [-0.39, 0.29) is 165 Å². The Kier molecular flexibility index (Phi) is 143. The SMILES string of the molecule is [CaH2].[Nd].[SrH2].[Ti].[Zn]. The molecule has 0 aliphatic heterocycles. The third-order valence-corrected chi connectivity index (χ3v) is 0. The molecule has 0 rings (SSSR count). The minimum absolute atomic E-state index is 0. The van der Waals surface area contributed by atoms with Crippen LogP contribution in [0.3, 0.4) is 0 Å². The van der Waals surface area contributed by atoms with Crippen LogP contribution < -0.4 is 0 Å². The Morgan fingerprint density at radius 1 is 1.00 bits per heavy atom. The predicted molar refractivity (Wildman–Crippen MR) is 17.1 cm³/mol. The zero-order valence-corrected chi connectivity index (χ0v) is 9.44. The molecule has 0 aromatic heterocycles. The van der Waals surface area contributed by atoms with Crippen molar-refractivity contribution in [2.24, 2.45) is 0 Å². The summed E-state index contributed by atoms with van der Waals surface area (Å²) in [6, 6.07) is 0. The van der Waals surface area contributed by atoms with Crippen LogP contribution in [0.1, 0.15) is 0 Å². The minimum Gasteiger partial charge on any atom is 0 e. The Hall–Kier alpha value is 5.43. The minimum atomic E-state index is 0. The van der Waals surface area contributed by atoms with Crippen LogP contribution in [-0.4, -0.2) is 83.2 Å². The second-order valence-electron chi connectivity index (χ2n) is 0. The molecule has 0 bridgehead atoms. The van der Waals surface area contributed by atoms with E-state index < -0.39 is 0 Å². The first-order valence-electron chi connectivity index (χ1n) is 0. The van der Waals surface area contributed by atoms with Gasteiger partial charge in [-0.2, -0.15) is 0 Å².